The fourth-order valence-corrected chi connectivity index (χ4v) is 3.56. The molecule has 4 heteroatoms. The first-order chi connectivity index (χ1) is 10.2. The summed E-state index contributed by atoms with van der Waals surface area (Å²) in [6.45, 7) is 2.29. The van der Waals surface area contributed by atoms with Gasteiger partial charge in [-0.2, -0.15) is 0 Å². The largest absolute Gasteiger partial charge is 0.493 e. The van der Waals surface area contributed by atoms with Gasteiger partial charge in [-0.05, 0) is 42.4 Å². The minimum absolute atomic E-state index is 0.180. The Morgan fingerprint density at radius 2 is 2.00 bits per heavy atom. The smallest absolute Gasteiger partial charge is 0.161 e. The molecule has 0 radical (unpaired) electrons. The monoisotopic (exact) mass is 292 g/mol. The number of nitrogens with one attached hydrogen (secondary N) is 1. The lowest BCUT2D eigenvalue weighted by molar-refractivity contribution is 0.209. The van der Waals surface area contributed by atoms with Crippen LogP contribution in [0, 0.1) is 11.8 Å². The molecule has 1 aliphatic rings. The zero-order valence-corrected chi connectivity index (χ0v) is 13.4. The van der Waals surface area contributed by atoms with Crippen molar-refractivity contribution in [1.82, 2.24) is 5.43 Å². The summed E-state index contributed by atoms with van der Waals surface area (Å²) in [6, 6.07) is 6.26. The summed E-state index contributed by atoms with van der Waals surface area (Å²) in [6.07, 6.45) is 6.41. The number of nitrogens with two attached hydrogens (primary N) is 1. The summed E-state index contributed by atoms with van der Waals surface area (Å²) in [4.78, 5) is 0. The first kappa shape index (κ1) is 16.1. The standard InChI is InChI=1S/C17H28N2O2/c1-4-12-6-5-7-13(10-12)17(19-18)14-8-9-15(20-2)16(11-14)21-3/h8-9,11-13,17,19H,4-7,10,18H2,1-3H3. The van der Waals surface area contributed by atoms with E-state index in [1.807, 2.05) is 12.1 Å². The van der Waals surface area contributed by atoms with Crippen LogP contribution < -0.4 is 20.7 Å². The van der Waals surface area contributed by atoms with Crippen LogP contribution in [0.1, 0.15) is 50.6 Å². The third-order valence-electron chi connectivity index (χ3n) is 4.82. The van der Waals surface area contributed by atoms with Crippen LogP contribution in [0.2, 0.25) is 0 Å². The van der Waals surface area contributed by atoms with Crippen LogP contribution in [-0.4, -0.2) is 14.2 Å². The van der Waals surface area contributed by atoms with Gasteiger partial charge in [-0.15, -0.1) is 0 Å². The molecule has 0 bridgehead atoms. The van der Waals surface area contributed by atoms with E-state index < -0.39 is 0 Å². The molecule has 21 heavy (non-hydrogen) atoms. The first-order valence-electron chi connectivity index (χ1n) is 7.91. The molecule has 3 N–H and O–H groups in total. The second-order valence-corrected chi connectivity index (χ2v) is 5.96. The Hall–Kier alpha value is -1.26. The van der Waals surface area contributed by atoms with Crippen LogP contribution in [-0.2, 0) is 0 Å². The topological polar surface area (TPSA) is 56.5 Å². The highest BCUT2D eigenvalue weighted by Crippen LogP contribution is 2.40. The Kier molecular flexibility index (Phi) is 5.88. The number of ether oxygens (including phenoxy) is 2. The van der Waals surface area contributed by atoms with Crippen molar-refractivity contribution in [2.45, 2.75) is 45.1 Å². The van der Waals surface area contributed by atoms with E-state index in [0.29, 0.717) is 5.92 Å². The number of hydrogen-bond acceptors (Lipinski definition) is 4. The maximum atomic E-state index is 5.86. The highest BCUT2D eigenvalue weighted by atomic mass is 16.5. The number of hydrazine groups is 1. The first-order valence-corrected chi connectivity index (χ1v) is 7.91. The molecule has 4 nitrogen and oxygen atoms in total. The van der Waals surface area contributed by atoms with Gasteiger partial charge in [0.05, 0.1) is 14.2 Å². The number of rotatable bonds is 6. The van der Waals surface area contributed by atoms with Gasteiger partial charge in [0.1, 0.15) is 0 Å². The van der Waals surface area contributed by atoms with E-state index in [1.54, 1.807) is 14.2 Å². The van der Waals surface area contributed by atoms with Crippen molar-refractivity contribution in [3.8, 4) is 11.5 Å². The van der Waals surface area contributed by atoms with Crippen LogP contribution in [0.15, 0.2) is 18.2 Å². The van der Waals surface area contributed by atoms with E-state index in [0.717, 1.165) is 17.4 Å². The van der Waals surface area contributed by atoms with Gasteiger partial charge < -0.3 is 9.47 Å². The van der Waals surface area contributed by atoms with Crippen LogP contribution in [0.4, 0.5) is 0 Å². The highest BCUT2D eigenvalue weighted by molar-refractivity contribution is 5.44. The fraction of sp³-hybridized carbons (Fsp3) is 0.647. The van der Waals surface area contributed by atoms with E-state index in [9.17, 15) is 0 Å². The molecule has 0 spiro atoms. The summed E-state index contributed by atoms with van der Waals surface area (Å²) in [5, 5.41) is 0. The van der Waals surface area contributed by atoms with Gasteiger partial charge in [0.15, 0.2) is 11.5 Å². The average Bonchev–Trinajstić information content (AvgIpc) is 2.55. The Bertz CT molecular complexity index is 450. The highest BCUT2D eigenvalue weighted by Gasteiger charge is 2.28. The molecule has 2 rings (SSSR count). The molecule has 1 saturated carbocycles. The van der Waals surface area contributed by atoms with Crippen molar-refractivity contribution in [3.05, 3.63) is 23.8 Å². The van der Waals surface area contributed by atoms with Crippen molar-refractivity contribution >= 4 is 0 Å². The second kappa shape index (κ2) is 7.66. The fourth-order valence-electron chi connectivity index (χ4n) is 3.56. The molecule has 1 aromatic carbocycles. The van der Waals surface area contributed by atoms with Gasteiger partial charge in [0.25, 0.3) is 0 Å². The van der Waals surface area contributed by atoms with Crippen LogP contribution >= 0.6 is 0 Å². The Balaban J connectivity index is 2.20. The van der Waals surface area contributed by atoms with Gasteiger partial charge in [-0.25, -0.2) is 0 Å². The molecule has 118 valence electrons. The van der Waals surface area contributed by atoms with Crippen molar-refractivity contribution in [2.24, 2.45) is 17.7 Å². The summed E-state index contributed by atoms with van der Waals surface area (Å²) in [5.41, 5.74) is 4.20. The average molecular weight is 292 g/mol. The van der Waals surface area contributed by atoms with Crippen molar-refractivity contribution in [1.29, 1.82) is 0 Å². The normalized spacial score (nSPS) is 23.6. The molecular weight excluding hydrogens is 264 g/mol. The predicted octanol–water partition coefficient (Wildman–Crippen LogP) is 3.42. The van der Waals surface area contributed by atoms with Crippen LogP contribution in [0.3, 0.4) is 0 Å². The Labute approximate surface area is 128 Å². The molecule has 0 saturated heterocycles. The lowest BCUT2D eigenvalue weighted by Crippen LogP contribution is -2.35. The lowest BCUT2D eigenvalue weighted by Gasteiger charge is -2.34. The van der Waals surface area contributed by atoms with E-state index >= 15 is 0 Å². The van der Waals surface area contributed by atoms with Crippen molar-refractivity contribution in [2.75, 3.05) is 14.2 Å². The maximum absolute atomic E-state index is 5.86. The summed E-state index contributed by atoms with van der Waals surface area (Å²) < 4.78 is 10.7. The summed E-state index contributed by atoms with van der Waals surface area (Å²) in [7, 11) is 3.32. The zero-order chi connectivity index (χ0) is 15.2. The van der Waals surface area contributed by atoms with E-state index in [1.165, 1.54) is 37.7 Å². The third-order valence-corrected chi connectivity index (χ3v) is 4.82. The SMILES string of the molecule is CCC1CCCC(C(NN)c2ccc(OC)c(OC)c2)C1. The Morgan fingerprint density at radius 3 is 2.62 bits per heavy atom. The summed E-state index contributed by atoms with van der Waals surface area (Å²) >= 11 is 0. The van der Waals surface area contributed by atoms with Gasteiger partial charge >= 0.3 is 0 Å². The number of benzene rings is 1. The zero-order valence-electron chi connectivity index (χ0n) is 13.4. The molecule has 3 atom stereocenters. The van der Waals surface area contributed by atoms with E-state index in [-0.39, 0.29) is 6.04 Å². The molecule has 0 amide bonds. The second-order valence-electron chi connectivity index (χ2n) is 5.96. The molecule has 0 heterocycles. The van der Waals surface area contributed by atoms with E-state index in [2.05, 4.69) is 18.4 Å². The van der Waals surface area contributed by atoms with Gasteiger partial charge in [0, 0.05) is 6.04 Å². The molecule has 0 aromatic heterocycles. The van der Waals surface area contributed by atoms with Gasteiger partial charge in [-0.3, -0.25) is 11.3 Å². The minimum Gasteiger partial charge on any atom is -0.493 e. The summed E-state index contributed by atoms with van der Waals surface area (Å²) in [5.74, 6) is 8.80. The van der Waals surface area contributed by atoms with Gasteiger partial charge in [0.2, 0.25) is 0 Å². The predicted molar refractivity (Wildman–Crippen MR) is 85.3 cm³/mol. The quantitative estimate of drug-likeness (QED) is 0.623. The number of hydrogen-bond donors (Lipinski definition) is 2. The minimum atomic E-state index is 0.180. The molecular formula is C17H28N2O2. The Morgan fingerprint density at radius 1 is 1.24 bits per heavy atom. The molecule has 1 aromatic rings. The molecule has 3 unspecified atom stereocenters. The van der Waals surface area contributed by atoms with Crippen LogP contribution in [0.5, 0.6) is 11.5 Å². The lowest BCUT2D eigenvalue weighted by atomic mass is 9.75. The molecule has 1 fully saturated rings. The maximum Gasteiger partial charge on any atom is 0.161 e. The van der Waals surface area contributed by atoms with Crippen LogP contribution in [0.25, 0.3) is 0 Å². The van der Waals surface area contributed by atoms with Crippen molar-refractivity contribution in [3.63, 3.8) is 0 Å². The third kappa shape index (κ3) is 3.69. The van der Waals surface area contributed by atoms with Gasteiger partial charge in [-0.1, -0.05) is 32.3 Å². The van der Waals surface area contributed by atoms with E-state index in [4.69, 9.17) is 15.3 Å². The molecule has 0 aliphatic heterocycles. The number of methoxy groups -OCH3 is 2. The molecule has 1 aliphatic carbocycles. The van der Waals surface area contributed by atoms with Crippen molar-refractivity contribution < 1.29 is 9.47 Å².